The first-order valence-electron chi connectivity index (χ1n) is 24.6. The molecular weight excluding hydrogens is 860 g/mol. The average Bonchev–Trinajstić information content (AvgIpc) is 3.89. The van der Waals surface area contributed by atoms with E-state index in [1.807, 2.05) is 41.5 Å². The Morgan fingerprint density at radius 3 is 2.00 bits per heavy atom. The first-order chi connectivity index (χ1) is 30.5. The van der Waals surface area contributed by atoms with Gasteiger partial charge in [0.2, 0.25) is 11.8 Å². The number of nitrogens with zero attached hydrogens (tertiary/aromatic N) is 2. The number of halogens is 1. The number of ether oxygens (including phenoxy) is 6. The molecule has 0 radical (unpaired) electrons. The summed E-state index contributed by atoms with van der Waals surface area (Å²) >= 11 is 0. The fraction of sp³-hybridized carbons (Fsp3) is 0.896. The number of aliphatic hydroxyl groups excluding tert-OH is 1. The molecule has 6 atom stereocenters. The van der Waals surface area contributed by atoms with Crippen molar-refractivity contribution in [1.29, 1.82) is 0 Å². The number of cyclic esters (lactones) is 1. The molecule has 0 aromatic rings. The van der Waals surface area contributed by atoms with Crippen molar-refractivity contribution >= 4 is 42.3 Å². The second kappa shape index (κ2) is 28.5. The van der Waals surface area contributed by atoms with Crippen molar-refractivity contribution in [2.45, 2.75) is 199 Å². The molecule has 376 valence electrons. The number of amides is 3. The molecule has 65 heavy (non-hydrogen) atoms. The van der Waals surface area contributed by atoms with E-state index < -0.39 is 47.4 Å². The maximum Gasteiger partial charge on any atom is 0.407 e. The summed E-state index contributed by atoms with van der Waals surface area (Å²) in [5, 5.41) is 11.6. The van der Waals surface area contributed by atoms with Crippen LogP contribution >= 0.6 is 12.4 Å². The van der Waals surface area contributed by atoms with Crippen molar-refractivity contribution in [3.05, 3.63) is 0 Å². The fourth-order valence-corrected chi connectivity index (χ4v) is 9.55. The number of esters is 2. The summed E-state index contributed by atoms with van der Waals surface area (Å²) in [5.74, 6) is -0.582. The summed E-state index contributed by atoms with van der Waals surface area (Å²) in [4.78, 5) is 68.8. The predicted molar refractivity (Wildman–Crippen MR) is 248 cm³/mol. The maximum absolute atomic E-state index is 13.8. The Labute approximate surface area is 395 Å². The van der Waals surface area contributed by atoms with Gasteiger partial charge in [-0.05, 0) is 117 Å². The number of rotatable bonds is 13. The smallest absolute Gasteiger partial charge is 0.407 e. The van der Waals surface area contributed by atoms with Gasteiger partial charge in [-0.1, -0.05) is 44.9 Å². The molecule has 5 fully saturated rings. The van der Waals surface area contributed by atoms with Crippen LogP contribution in [0.15, 0.2) is 0 Å². The molecule has 2 saturated carbocycles. The van der Waals surface area contributed by atoms with Gasteiger partial charge >= 0.3 is 18.0 Å². The molecule has 0 spiro atoms. The van der Waals surface area contributed by atoms with E-state index in [0.29, 0.717) is 78.2 Å². The molecule has 5 rings (SSSR count). The molecule has 4 N–H and O–H groups in total. The standard InChI is InChI=1S/C24H40N2O7.C24H44N2O5.ClH/c1-24(2,3)33-22(28)19-15-18-16-26(19)21(27)20(17-9-5-4-6-10-17)25-23(29)32-14-8-12-30-11-7-13-31-18;1-24(2,3)31-23(29)20-16-18(10-7-8-14-30-15-9-13-27)17-26(20)22(28)21(25)19-11-5-4-6-12-19;/h17-20H,4-16H2,1-3H3,(H,25,29);18-21,27H,4-17,25H2,1-3H3;1H/t18-,19+,20+;18-,20+,21+;/m11./s1. The summed E-state index contributed by atoms with van der Waals surface area (Å²) in [5.41, 5.74) is 5.16. The van der Waals surface area contributed by atoms with Gasteiger partial charge in [0.25, 0.3) is 0 Å². The van der Waals surface area contributed by atoms with Crippen molar-refractivity contribution in [3.63, 3.8) is 0 Å². The van der Waals surface area contributed by atoms with Crippen molar-refractivity contribution in [3.8, 4) is 0 Å². The minimum atomic E-state index is -0.738. The lowest BCUT2D eigenvalue weighted by Crippen LogP contribution is -2.55. The van der Waals surface area contributed by atoms with Gasteiger partial charge in [-0.2, -0.15) is 0 Å². The van der Waals surface area contributed by atoms with Crippen molar-refractivity contribution in [2.75, 3.05) is 59.3 Å². The minimum absolute atomic E-state index is 0. The number of fused-ring (bicyclic) bond motifs is 2. The highest BCUT2D eigenvalue weighted by molar-refractivity contribution is 5.91. The van der Waals surface area contributed by atoms with Crippen LogP contribution in [0.1, 0.15) is 157 Å². The maximum atomic E-state index is 13.8. The number of nitrogens with one attached hydrogen (secondary N) is 1. The monoisotopic (exact) mass is 945 g/mol. The Balaban J connectivity index is 0.000000341. The normalized spacial score (nSPS) is 26.2. The van der Waals surface area contributed by atoms with Crippen LogP contribution in [0.25, 0.3) is 0 Å². The van der Waals surface area contributed by atoms with Gasteiger partial charge in [-0.15, -0.1) is 12.4 Å². The number of carbonyl (C=O) groups is 5. The zero-order chi connectivity index (χ0) is 46.7. The average molecular weight is 946 g/mol. The highest BCUT2D eigenvalue weighted by Crippen LogP contribution is 2.34. The lowest BCUT2D eigenvalue weighted by atomic mass is 9.83. The van der Waals surface area contributed by atoms with Crippen LogP contribution in [0.4, 0.5) is 4.79 Å². The number of alkyl carbamates (subject to hydrolysis) is 1. The van der Waals surface area contributed by atoms with Crippen LogP contribution in [0.2, 0.25) is 0 Å². The minimum Gasteiger partial charge on any atom is -0.458 e. The van der Waals surface area contributed by atoms with Crippen LogP contribution in [0.3, 0.4) is 0 Å². The summed E-state index contributed by atoms with van der Waals surface area (Å²) < 4.78 is 33.6. The number of carbonyl (C=O) groups excluding carboxylic acids is 5. The topological polar surface area (TPSA) is 205 Å². The molecule has 2 bridgehead atoms. The van der Waals surface area contributed by atoms with Gasteiger partial charge in [0.05, 0.1) is 18.8 Å². The van der Waals surface area contributed by atoms with Gasteiger partial charge in [0.1, 0.15) is 29.3 Å². The zero-order valence-electron chi connectivity index (χ0n) is 40.5. The molecule has 3 amide bonds. The molecule has 0 aromatic heterocycles. The van der Waals surface area contributed by atoms with Crippen LogP contribution in [0, 0.1) is 17.8 Å². The third-order valence-corrected chi connectivity index (χ3v) is 12.7. The van der Waals surface area contributed by atoms with E-state index in [0.717, 1.165) is 77.0 Å². The Hall–Kier alpha value is -2.76. The van der Waals surface area contributed by atoms with Gasteiger partial charge < -0.3 is 54.4 Å². The Morgan fingerprint density at radius 2 is 1.37 bits per heavy atom. The van der Waals surface area contributed by atoms with Crippen molar-refractivity contribution < 1.29 is 57.5 Å². The second-order valence-corrected chi connectivity index (χ2v) is 20.5. The van der Waals surface area contributed by atoms with Crippen molar-refractivity contribution in [1.82, 2.24) is 15.1 Å². The number of aliphatic hydroxyl groups is 1. The van der Waals surface area contributed by atoms with Gasteiger partial charge in [0, 0.05) is 65.6 Å². The molecule has 16 nitrogen and oxygen atoms in total. The van der Waals surface area contributed by atoms with Crippen LogP contribution in [0.5, 0.6) is 0 Å². The van der Waals surface area contributed by atoms with Gasteiger partial charge in [-0.3, -0.25) is 9.59 Å². The number of likely N-dealkylation sites (tertiary alicyclic amines) is 1. The van der Waals surface area contributed by atoms with E-state index in [1.165, 1.54) is 6.42 Å². The highest BCUT2D eigenvalue weighted by Gasteiger charge is 2.47. The van der Waals surface area contributed by atoms with E-state index in [4.69, 9.17) is 39.3 Å². The molecule has 2 aliphatic carbocycles. The van der Waals surface area contributed by atoms with E-state index in [-0.39, 0.29) is 67.3 Å². The fourth-order valence-electron chi connectivity index (χ4n) is 9.55. The van der Waals surface area contributed by atoms with E-state index in [2.05, 4.69) is 5.32 Å². The summed E-state index contributed by atoms with van der Waals surface area (Å²) in [6.45, 7) is 15.0. The summed E-state index contributed by atoms with van der Waals surface area (Å²) in [7, 11) is 0. The highest BCUT2D eigenvalue weighted by atomic mass is 35.5. The summed E-state index contributed by atoms with van der Waals surface area (Å²) in [6, 6.07) is -2.53. The van der Waals surface area contributed by atoms with Crippen LogP contribution in [-0.2, 0) is 47.6 Å². The summed E-state index contributed by atoms with van der Waals surface area (Å²) in [6.07, 6.45) is 15.3. The molecule has 3 saturated heterocycles. The first kappa shape index (κ1) is 56.6. The van der Waals surface area contributed by atoms with E-state index >= 15 is 0 Å². The predicted octanol–water partition coefficient (Wildman–Crippen LogP) is 6.24. The third kappa shape index (κ3) is 19.8. The molecule has 5 aliphatic rings. The van der Waals surface area contributed by atoms with Crippen LogP contribution < -0.4 is 11.1 Å². The molecule has 0 unspecified atom stereocenters. The Kier molecular flexibility index (Phi) is 24.8. The van der Waals surface area contributed by atoms with Gasteiger partial charge in [-0.25, -0.2) is 14.4 Å². The number of nitrogens with two attached hydrogens (primary N) is 1. The lowest BCUT2D eigenvalue weighted by Gasteiger charge is -2.34. The van der Waals surface area contributed by atoms with Gasteiger partial charge in [0.15, 0.2) is 0 Å². The van der Waals surface area contributed by atoms with Crippen molar-refractivity contribution in [2.24, 2.45) is 23.5 Å². The Morgan fingerprint density at radius 1 is 0.769 bits per heavy atom. The number of hydrogen-bond acceptors (Lipinski definition) is 13. The zero-order valence-corrected chi connectivity index (χ0v) is 41.3. The second-order valence-electron chi connectivity index (χ2n) is 20.5. The van der Waals surface area contributed by atoms with Crippen LogP contribution in [-0.4, -0.2) is 146 Å². The number of unbranched alkanes of at least 4 members (excludes halogenated alkanes) is 1. The molecular formula is C48H85ClN4O12. The molecule has 3 aliphatic heterocycles. The largest absolute Gasteiger partial charge is 0.458 e. The molecule has 3 heterocycles. The molecule has 17 heteroatoms. The molecule has 0 aromatic carbocycles. The number of hydrogen-bond donors (Lipinski definition) is 3. The lowest BCUT2D eigenvalue weighted by molar-refractivity contribution is -0.164. The third-order valence-electron chi connectivity index (χ3n) is 12.7. The first-order valence-corrected chi connectivity index (χ1v) is 24.6. The Bertz CT molecular complexity index is 1450. The van der Waals surface area contributed by atoms with E-state index in [1.54, 1.807) is 9.80 Å². The SMILES string of the molecule is CC(C)(C)OC(=O)[C@@H]1C[C@@H](CCCCOCCCO)CN1C(=O)[C@@H](N)C1CCCCC1.CC(C)(C)OC(=O)[C@@H]1C[C@@H]2CN1C(=O)[C@H](C1CCCCC1)NC(=O)OCCCOCCCO2.Cl. The quantitative estimate of drug-likeness (QED) is 0.106. The van der Waals surface area contributed by atoms with E-state index in [9.17, 15) is 24.0 Å².